The third-order valence-electron chi connectivity index (χ3n) is 3.31. The van der Waals surface area contributed by atoms with E-state index in [0.717, 1.165) is 23.3 Å². The number of benzene rings is 2. The van der Waals surface area contributed by atoms with Crippen LogP contribution >= 0.6 is 0 Å². The number of anilines is 1. The van der Waals surface area contributed by atoms with Crippen LogP contribution in [-0.2, 0) is 6.18 Å². The maximum atomic E-state index is 12.9. The van der Waals surface area contributed by atoms with Crippen LogP contribution in [-0.4, -0.2) is 0 Å². The summed E-state index contributed by atoms with van der Waals surface area (Å²) in [4.78, 5) is 0. The average molecular weight is 297 g/mol. The van der Waals surface area contributed by atoms with Gasteiger partial charge < -0.3 is 5.32 Å². The van der Waals surface area contributed by atoms with Crippen molar-refractivity contribution in [3.05, 3.63) is 65.0 Å². The van der Waals surface area contributed by atoms with E-state index in [2.05, 4.69) is 5.32 Å². The molecule has 1 nitrogen and oxygen atoms in total. The van der Waals surface area contributed by atoms with Crippen molar-refractivity contribution in [2.24, 2.45) is 0 Å². The highest BCUT2D eigenvalue weighted by Crippen LogP contribution is 2.33. The van der Waals surface area contributed by atoms with Gasteiger partial charge in [-0.25, -0.2) is 4.39 Å². The first-order valence-electron chi connectivity index (χ1n) is 6.47. The SMILES string of the molecule is Cc1ccc(C(F)(F)F)cc1NC(C)c1ccc(F)cc1. The Morgan fingerprint density at radius 3 is 2.19 bits per heavy atom. The quantitative estimate of drug-likeness (QED) is 0.755. The first-order valence-corrected chi connectivity index (χ1v) is 6.47. The Morgan fingerprint density at radius 1 is 1.00 bits per heavy atom. The molecule has 0 radical (unpaired) electrons. The van der Waals surface area contributed by atoms with E-state index in [-0.39, 0.29) is 11.9 Å². The van der Waals surface area contributed by atoms with Gasteiger partial charge in [-0.05, 0) is 49.2 Å². The lowest BCUT2D eigenvalue weighted by atomic mass is 10.1. The van der Waals surface area contributed by atoms with E-state index in [1.54, 1.807) is 19.1 Å². The molecule has 2 rings (SSSR count). The van der Waals surface area contributed by atoms with Crippen molar-refractivity contribution in [3.63, 3.8) is 0 Å². The van der Waals surface area contributed by atoms with Gasteiger partial charge in [0.1, 0.15) is 5.82 Å². The van der Waals surface area contributed by atoms with Gasteiger partial charge in [0.15, 0.2) is 0 Å². The number of halogens is 4. The molecule has 5 heteroatoms. The van der Waals surface area contributed by atoms with Crippen LogP contribution in [0.4, 0.5) is 23.2 Å². The van der Waals surface area contributed by atoms with Crippen LogP contribution in [0.5, 0.6) is 0 Å². The molecule has 0 fully saturated rings. The summed E-state index contributed by atoms with van der Waals surface area (Å²) in [5.41, 5.74) is 1.24. The van der Waals surface area contributed by atoms with Gasteiger partial charge in [0.2, 0.25) is 0 Å². The highest BCUT2D eigenvalue weighted by molar-refractivity contribution is 5.54. The van der Waals surface area contributed by atoms with Crippen molar-refractivity contribution >= 4 is 5.69 Å². The van der Waals surface area contributed by atoms with E-state index in [4.69, 9.17) is 0 Å². The van der Waals surface area contributed by atoms with Crippen molar-refractivity contribution in [2.45, 2.75) is 26.1 Å². The lowest BCUT2D eigenvalue weighted by Gasteiger charge is -2.19. The summed E-state index contributed by atoms with van der Waals surface area (Å²) < 4.78 is 51.1. The van der Waals surface area contributed by atoms with E-state index in [1.807, 2.05) is 6.92 Å². The van der Waals surface area contributed by atoms with E-state index in [9.17, 15) is 17.6 Å². The number of hydrogen-bond donors (Lipinski definition) is 1. The first-order chi connectivity index (χ1) is 9.77. The van der Waals surface area contributed by atoms with E-state index in [1.165, 1.54) is 18.2 Å². The van der Waals surface area contributed by atoms with Crippen LogP contribution in [0.25, 0.3) is 0 Å². The molecule has 2 aromatic rings. The summed E-state index contributed by atoms with van der Waals surface area (Å²) in [5, 5.41) is 3.04. The molecule has 1 unspecified atom stereocenters. The summed E-state index contributed by atoms with van der Waals surface area (Å²) in [6.45, 7) is 3.55. The lowest BCUT2D eigenvalue weighted by Crippen LogP contribution is -2.10. The van der Waals surface area contributed by atoms with Crippen LogP contribution in [0, 0.1) is 12.7 Å². The van der Waals surface area contributed by atoms with Crippen molar-refractivity contribution in [3.8, 4) is 0 Å². The minimum atomic E-state index is -4.37. The minimum Gasteiger partial charge on any atom is -0.378 e. The van der Waals surface area contributed by atoms with Crippen molar-refractivity contribution < 1.29 is 17.6 Å². The maximum absolute atomic E-state index is 12.9. The number of rotatable bonds is 3. The fourth-order valence-corrected chi connectivity index (χ4v) is 2.02. The molecule has 0 aliphatic carbocycles. The minimum absolute atomic E-state index is 0.229. The summed E-state index contributed by atoms with van der Waals surface area (Å²) in [5.74, 6) is -0.346. The fraction of sp³-hybridized carbons (Fsp3) is 0.250. The largest absolute Gasteiger partial charge is 0.416 e. The standard InChI is InChI=1S/C16H15F4N/c1-10-3-6-13(16(18,19)20)9-15(10)21-11(2)12-4-7-14(17)8-5-12/h3-9,11,21H,1-2H3. The molecule has 0 aliphatic rings. The molecule has 1 atom stereocenters. The third kappa shape index (κ3) is 3.74. The van der Waals surface area contributed by atoms with Crippen LogP contribution in [0.1, 0.15) is 29.7 Å². The molecule has 0 saturated carbocycles. The number of nitrogens with one attached hydrogen (secondary N) is 1. The number of hydrogen-bond acceptors (Lipinski definition) is 1. The Hall–Kier alpha value is -2.04. The molecule has 0 heterocycles. The third-order valence-corrected chi connectivity index (χ3v) is 3.31. The lowest BCUT2D eigenvalue weighted by molar-refractivity contribution is -0.137. The average Bonchev–Trinajstić information content (AvgIpc) is 2.40. The van der Waals surface area contributed by atoms with E-state index >= 15 is 0 Å². The zero-order valence-corrected chi connectivity index (χ0v) is 11.6. The predicted molar refractivity (Wildman–Crippen MR) is 74.6 cm³/mol. The van der Waals surface area contributed by atoms with Crippen LogP contribution in [0.3, 0.4) is 0 Å². The zero-order valence-electron chi connectivity index (χ0n) is 11.6. The molecule has 21 heavy (non-hydrogen) atoms. The van der Waals surface area contributed by atoms with E-state index < -0.39 is 11.7 Å². The van der Waals surface area contributed by atoms with Gasteiger partial charge in [0, 0.05) is 11.7 Å². The second kappa shape index (κ2) is 5.76. The Morgan fingerprint density at radius 2 is 1.62 bits per heavy atom. The molecule has 0 amide bonds. The van der Waals surface area contributed by atoms with Crippen molar-refractivity contribution in [1.29, 1.82) is 0 Å². The van der Waals surface area contributed by atoms with Crippen molar-refractivity contribution in [2.75, 3.05) is 5.32 Å². The smallest absolute Gasteiger partial charge is 0.378 e. The summed E-state index contributed by atoms with van der Waals surface area (Å²) >= 11 is 0. The van der Waals surface area contributed by atoms with E-state index in [0.29, 0.717) is 5.69 Å². The molecule has 112 valence electrons. The van der Waals surface area contributed by atoms with Crippen LogP contribution in [0.15, 0.2) is 42.5 Å². The van der Waals surface area contributed by atoms with Crippen LogP contribution in [0.2, 0.25) is 0 Å². The molecule has 0 aromatic heterocycles. The second-order valence-corrected chi connectivity index (χ2v) is 4.95. The normalized spacial score (nSPS) is 13.0. The Bertz CT molecular complexity index is 617. The first kappa shape index (κ1) is 15.4. The fourth-order valence-electron chi connectivity index (χ4n) is 2.02. The molecule has 0 aliphatic heterocycles. The Labute approximate surface area is 120 Å². The monoisotopic (exact) mass is 297 g/mol. The molecule has 0 saturated heterocycles. The molecule has 1 N–H and O–H groups in total. The zero-order chi connectivity index (χ0) is 15.6. The summed E-state index contributed by atoms with van der Waals surface area (Å²) in [6.07, 6.45) is -4.37. The molecular weight excluding hydrogens is 282 g/mol. The molecular formula is C16H15F4N. The highest BCUT2D eigenvalue weighted by atomic mass is 19.4. The Kier molecular flexibility index (Phi) is 4.21. The van der Waals surface area contributed by atoms with Crippen LogP contribution < -0.4 is 5.32 Å². The maximum Gasteiger partial charge on any atom is 0.416 e. The second-order valence-electron chi connectivity index (χ2n) is 4.95. The van der Waals surface area contributed by atoms with Gasteiger partial charge >= 0.3 is 6.18 Å². The summed E-state index contributed by atoms with van der Waals surface area (Å²) in [6, 6.07) is 9.22. The number of aryl methyl sites for hydroxylation is 1. The van der Waals surface area contributed by atoms with Gasteiger partial charge in [-0.3, -0.25) is 0 Å². The Balaban J connectivity index is 2.24. The van der Waals surface area contributed by atoms with Gasteiger partial charge in [0.05, 0.1) is 5.56 Å². The van der Waals surface area contributed by atoms with Gasteiger partial charge in [-0.1, -0.05) is 18.2 Å². The number of alkyl halides is 3. The molecule has 0 bridgehead atoms. The van der Waals surface area contributed by atoms with Gasteiger partial charge in [-0.2, -0.15) is 13.2 Å². The summed E-state index contributed by atoms with van der Waals surface area (Å²) in [7, 11) is 0. The van der Waals surface area contributed by atoms with Gasteiger partial charge in [-0.15, -0.1) is 0 Å². The van der Waals surface area contributed by atoms with Crippen molar-refractivity contribution in [1.82, 2.24) is 0 Å². The predicted octanol–water partition coefficient (Wildman–Crippen LogP) is 5.33. The highest BCUT2D eigenvalue weighted by Gasteiger charge is 2.30. The molecule has 2 aromatic carbocycles. The van der Waals surface area contributed by atoms with Gasteiger partial charge in [0.25, 0.3) is 0 Å². The topological polar surface area (TPSA) is 12.0 Å². The molecule has 0 spiro atoms.